The van der Waals surface area contributed by atoms with Gasteiger partial charge in [-0.25, -0.2) is 0 Å². The van der Waals surface area contributed by atoms with E-state index in [1.165, 1.54) is 51.4 Å². The van der Waals surface area contributed by atoms with Gasteiger partial charge >= 0.3 is 0 Å². The van der Waals surface area contributed by atoms with Crippen molar-refractivity contribution in [1.82, 2.24) is 4.90 Å². The van der Waals surface area contributed by atoms with Crippen molar-refractivity contribution < 1.29 is 9.84 Å². The molecule has 2 unspecified atom stereocenters. The van der Waals surface area contributed by atoms with Gasteiger partial charge in [0.2, 0.25) is 0 Å². The van der Waals surface area contributed by atoms with E-state index in [-0.39, 0.29) is 18.8 Å². The minimum absolute atomic E-state index is 0.0446. The highest BCUT2D eigenvalue weighted by atomic mass is 32.1. The number of aliphatic hydroxyl groups excluding tert-OH is 1. The number of thiophene rings is 1. The summed E-state index contributed by atoms with van der Waals surface area (Å²) in [7, 11) is 5.63. The molecule has 0 aliphatic rings. The number of aliphatic hydroxyl groups is 1. The van der Waals surface area contributed by atoms with E-state index >= 15 is 0 Å². The first-order chi connectivity index (χ1) is 12.6. The van der Waals surface area contributed by atoms with Crippen LogP contribution >= 0.6 is 11.3 Å². The first-order valence-electron chi connectivity index (χ1n) is 10.0. The van der Waals surface area contributed by atoms with Gasteiger partial charge in [-0.3, -0.25) is 0 Å². The molecule has 1 aromatic rings. The fourth-order valence-corrected chi connectivity index (χ4v) is 4.04. The molecule has 0 radical (unpaired) electrons. The Morgan fingerprint density at radius 3 is 2.35 bits per heavy atom. The molecule has 0 aliphatic carbocycles. The molecule has 0 spiro atoms. The van der Waals surface area contributed by atoms with E-state index in [1.807, 2.05) is 19.0 Å². The van der Waals surface area contributed by atoms with Gasteiger partial charge in [0.1, 0.15) is 6.10 Å². The van der Waals surface area contributed by atoms with Gasteiger partial charge in [-0.2, -0.15) is 0 Å². The lowest BCUT2D eigenvalue weighted by molar-refractivity contribution is 0.00785. The van der Waals surface area contributed by atoms with Crippen molar-refractivity contribution in [2.24, 2.45) is 0 Å². The lowest BCUT2D eigenvalue weighted by Gasteiger charge is -2.29. The Labute approximate surface area is 164 Å². The van der Waals surface area contributed by atoms with Gasteiger partial charge in [-0.1, -0.05) is 63.7 Å². The molecule has 0 saturated carbocycles. The third kappa shape index (κ3) is 8.68. The van der Waals surface area contributed by atoms with Gasteiger partial charge in [-0.05, 0) is 26.6 Å². The summed E-state index contributed by atoms with van der Waals surface area (Å²) in [5, 5.41) is 11.7. The average Bonchev–Trinajstić information content (AvgIpc) is 3.09. The number of rotatable bonds is 13. The Hall–Kier alpha value is -0.860. The van der Waals surface area contributed by atoms with Crippen molar-refractivity contribution in [3.8, 4) is 11.8 Å². The second kappa shape index (κ2) is 14.2. The third-order valence-corrected chi connectivity index (χ3v) is 5.74. The zero-order valence-electron chi connectivity index (χ0n) is 17.1. The highest BCUT2D eigenvalue weighted by Crippen LogP contribution is 2.28. The van der Waals surface area contributed by atoms with Gasteiger partial charge in [0.05, 0.1) is 12.6 Å². The van der Waals surface area contributed by atoms with Crippen molar-refractivity contribution in [1.29, 1.82) is 0 Å². The molecule has 0 saturated heterocycles. The standard InChI is InChI=1S/C22H37NO2S/c1-5-6-7-8-9-10-11-12-13-14-15-19-16-21(26-18-19)22(25-4)20(17-24)23(2)3/h16,18,20,22,24H,5-13,17H2,1-4H3. The number of hydrogen-bond donors (Lipinski definition) is 1. The first kappa shape index (κ1) is 23.2. The average molecular weight is 380 g/mol. The molecule has 148 valence electrons. The maximum Gasteiger partial charge on any atom is 0.109 e. The molecule has 0 amide bonds. The number of likely N-dealkylation sites (N-methyl/N-ethyl adjacent to an activating group) is 1. The predicted octanol–water partition coefficient (Wildman–Crippen LogP) is 5.24. The zero-order chi connectivity index (χ0) is 19.2. The minimum Gasteiger partial charge on any atom is -0.395 e. The number of unbranched alkanes of at least 4 members (excludes halogenated alkanes) is 8. The van der Waals surface area contributed by atoms with Crippen LogP contribution in [0.5, 0.6) is 0 Å². The molecule has 1 N–H and O–H groups in total. The molecule has 0 aliphatic heterocycles. The Morgan fingerprint density at radius 1 is 1.12 bits per heavy atom. The summed E-state index contributed by atoms with van der Waals surface area (Å²) < 4.78 is 5.63. The molecule has 0 fully saturated rings. The second-order valence-corrected chi connectivity index (χ2v) is 8.08. The van der Waals surface area contributed by atoms with Gasteiger partial charge in [-0.15, -0.1) is 11.3 Å². The summed E-state index contributed by atoms with van der Waals surface area (Å²) in [5.74, 6) is 6.58. The lowest BCUT2D eigenvalue weighted by atomic mass is 10.1. The second-order valence-electron chi connectivity index (χ2n) is 7.13. The van der Waals surface area contributed by atoms with Crippen LogP contribution in [0.25, 0.3) is 0 Å². The smallest absolute Gasteiger partial charge is 0.109 e. The van der Waals surface area contributed by atoms with Crippen molar-refractivity contribution >= 4 is 11.3 Å². The Kier molecular flexibility index (Phi) is 12.7. The minimum atomic E-state index is -0.122. The molecular weight excluding hydrogens is 342 g/mol. The van der Waals surface area contributed by atoms with E-state index in [4.69, 9.17) is 4.74 Å². The van der Waals surface area contributed by atoms with Crippen LogP contribution in [0, 0.1) is 11.8 Å². The quantitative estimate of drug-likeness (QED) is 0.376. The Bertz CT molecular complexity index is 530. The molecule has 0 aromatic carbocycles. The van der Waals surface area contributed by atoms with Crippen molar-refractivity contribution in [3.05, 3.63) is 21.9 Å². The molecule has 3 nitrogen and oxygen atoms in total. The van der Waals surface area contributed by atoms with Gasteiger partial charge in [0, 0.05) is 29.4 Å². The summed E-state index contributed by atoms with van der Waals surface area (Å²) >= 11 is 1.66. The fraction of sp³-hybridized carbons (Fsp3) is 0.727. The summed E-state index contributed by atoms with van der Waals surface area (Å²) in [6, 6.07) is 2.06. The van der Waals surface area contributed by atoms with E-state index < -0.39 is 0 Å². The van der Waals surface area contributed by atoms with Crippen LogP contribution in [0.1, 0.15) is 81.3 Å². The Morgan fingerprint density at radius 2 is 1.77 bits per heavy atom. The third-order valence-electron chi connectivity index (χ3n) is 4.74. The normalized spacial score (nSPS) is 13.5. The van der Waals surface area contributed by atoms with Gasteiger partial charge < -0.3 is 14.7 Å². The van der Waals surface area contributed by atoms with Crippen LogP contribution in [0.15, 0.2) is 11.4 Å². The van der Waals surface area contributed by atoms with Crippen molar-refractivity contribution in [2.75, 3.05) is 27.8 Å². The number of nitrogens with zero attached hydrogens (tertiary/aromatic N) is 1. The van der Waals surface area contributed by atoms with E-state index in [0.717, 1.165) is 16.9 Å². The van der Waals surface area contributed by atoms with Crippen LogP contribution < -0.4 is 0 Å². The van der Waals surface area contributed by atoms with E-state index in [1.54, 1.807) is 18.4 Å². The summed E-state index contributed by atoms with van der Waals surface area (Å²) in [6.45, 7) is 2.33. The fourth-order valence-electron chi connectivity index (χ4n) is 3.07. The van der Waals surface area contributed by atoms with Crippen LogP contribution in [-0.2, 0) is 4.74 Å². The molecule has 1 heterocycles. The van der Waals surface area contributed by atoms with Crippen LogP contribution in [0.2, 0.25) is 0 Å². The van der Waals surface area contributed by atoms with Crippen molar-refractivity contribution in [2.45, 2.75) is 76.9 Å². The monoisotopic (exact) mass is 379 g/mol. The van der Waals surface area contributed by atoms with Gasteiger partial charge in [0.15, 0.2) is 0 Å². The SMILES string of the molecule is CCCCCCCCCCC#Cc1csc(C(OC)C(CO)N(C)C)c1. The number of hydrogen-bond acceptors (Lipinski definition) is 4. The highest BCUT2D eigenvalue weighted by molar-refractivity contribution is 7.10. The molecule has 2 atom stereocenters. The maximum atomic E-state index is 9.63. The van der Waals surface area contributed by atoms with Crippen LogP contribution in [-0.4, -0.2) is 43.9 Å². The van der Waals surface area contributed by atoms with Crippen LogP contribution in [0.4, 0.5) is 0 Å². The largest absolute Gasteiger partial charge is 0.395 e. The molecule has 4 heteroatoms. The Balaban J connectivity index is 2.36. The topological polar surface area (TPSA) is 32.7 Å². The summed E-state index contributed by atoms with van der Waals surface area (Å²) in [4.78, 5) is 3.12. The number of methoxy groups -OCH3 is 1. The summed E-state index contributed by atoms with van der Waals surface area (Å²) in [5.41, 5.74) is 1.06. The summed E-state index contributed by atoms with van der Waals surface area (Å²) in [6.07, 6.45) is 11.5. The molecular formula is C22H37NO2S. The van der Waals surface area contributed by atoms with Gasteiger partial charge in [0.25, 0.3) is 0 Å². The molecule has 1 aromatic heterocycles. The molecule has 0 bridgehead atoms. The lowest BCUT2D eigenvalue weighted by Crippen LogP contribution is -2.37. The molecule has 26 heavy (non-hydrogen) atoms. The van der Waals surface area contributed by atoms with Crippen molar-refractivity contribution in [3.63, 3.8) is 0 Å². The highest BCUT2D eigenvalue weighted by Gasteiger charge is 2.25. The molecule has 1 rings (SSSR count). The predicted molar refractivity (Wildman–Crippen MR) is 113 cm³/mol. The van der Waals surface area contributed by atoms with E-state index in [0.29, 0.717) is 0 Å². The van der Waals surface area contributed by atoms with Crippen LogP contribution in [0.3, 0.4) is 0 Å². The van der Waals surface area contributed by atoms with E-state index in [9.17, 15) is 5.11 Å². The number of ether oxygens (including phenoxy) is 1. The maximum absolute atomic E-state index is 9.63. The van der Waals surface area contributed by atoms with E-state index in [2.05, 4.69) is 30.2 Å². The first-order valence-corrected chi connectivity index (χ1v) is 10.9. The zero-order valence-corrected chi connectivity index (χ0v) is 17.9.